The van der Waals surface area contributed by atoms with E-state index in [4.69, 9.17) is 4.42 Å². The molecule has 0 spiro atoms. The lowest BCUT2D eigenvalue weighted by Crippen LogP contribution is -2.45. The van der Waals surface area contributed by atoms with Crippen LogP contribution in [-0.4, -0.2) is 23.8 Å². The van der Waals surface area contributed by atoms with Crippen LogP contribution in [0, 0.1) is 0 Å². The van der Waals surface area contributed by atoms with Crippen LogP contribution in [0.1, 0.15) is 25.6 Å². The molecule has 5 nitrogen and oxygen atoms in total. The summed E-state index contributed by atoms with van der Waals surface area (Å²) < 4.78 is 5.27. The van der Waals surface area contributed by atoms with E-state index in [-0.39, 0.29) is 11.8 Å². The van der Waals surface area contributed by atoms with Gasteiger partial charge >= 0.3 is 6.03 Å². The maximum Gasteiger partial charge on any atom is 0.322 e. The van der Waals surface area contributed by atoms with Crippen molar-refractivity contribution in [3.63, 3.8) is 0 Å². The summed E-state index contributed by atoms with van der Waals surface area (Å²) >= 11 is 0. The van der Waals surface area contributed by atoms with Crippen LogP contribution in [-0.2, 0) is 4.79 Å². The van der Waals surface area contributed by atoms with Gasteiger partial charge < -0.3 is 14.6 Å². The first-order chi connectivity index (χ1) is 8.02. The summed E-state index contributed by atoms with van der Waals surface area (Å²) in [6.45, 7) is 3.24. The van der Waals surface area contributed by atoms with Crippen molar-refractivity contribution in [2.24, 2.45) is 0 Å². The van der Waals surface area contributed by atoms with Crippen molar-refractivity contribution in [2.45, 2.75) is 19.9 Å². The van der Waals surface area contributed by atoms with E-state index < -0.39 is 6.04 Å². The third-order valence-corrected chi connectivity index (χ3v) is 2.96. The van der Waals surface area contributed by atoms with Crippen molar-refractivity contribution < 1.29 is 14.0 Å². The monoisotopic (exact) mass is 234 g/mol. The summed E-state index contributed by atoms with van der Waals surface area (Å²) in [5, 5.41) is 2.74. The Labute approximate surface area is 99.1 Å². The van der Waals surface area contributed by atoms with Gasteiger partial charge in [-0.3, -0.25) is 4.79 Å². The minimum absolute atomic E-state index is 0.0734. The minimum atomic E-state index is -0.494. The molecule has 5 heteroatoms. The van der Waals surface area contributed by atoms with Crippen LogP contribution in [0.2, 0.25) is 0 Å². The number of carbonyl (C=O) groups excluding carboxylic acids is 2. The zero-order valence-corrected chi connectivity index (χ0v) is 9.98. The Balaban J connectivity index is 2.51. The number of Topliss-reactive ketones (excluding diaryl/α,β-unsaturated/α-hetero) is 1. The topological polar surface area (TPSA) is 62.6 Å². The van der Waals surface area contributed by atoms with E-state index in [0.29, 0.717) is 17.0 Å². The zero-order chi connectivity index (χ0) is 12.6. The number of hydrogen-bond acceptors (Lipinski definition) is 3. The summed E-state index contributed by atoms with van der Waals surface area (Å²) in [6.07, 6.45) is 1.52. The van der Waals surface area contributed by atoms with Gasteiger partial charge in [0.25, 0.3) is 0 Å². The first-order valence-corrected chi connectivity index (χ1v) is 5.31. The maximum absolute atomic E-state index is 11.7. The van der Waals surface area contributed by atoms with E-state index in [1.54, 1.807) is 26.1 Å². The summed E-state index contributed by atoms with van der Waals surface area (Å²) in [5.74, 6) is 0.492. The average Bonchev–Trinajstić information content (AvgIpc) is 2.77. The highest BCUT2D eigenvalue weighted by Crippen LogP contribution is 2.30. The number of amides is 2. The lowest BCUT2D eigenvalue weighted by Gasteiger charge is -2.32. The molecule has 2 amide bonds. The van der Waals surface area contributed by atoms with Crippen LogP contribution < -0.4 is 5.32 Å². The molecule has 0 saturated carbocycles. The van der Waals surface area contributed by atoms with Crippen molar-refractivity contribution in [1.29, 1.82) is 0 Å². The molecule has 1 aromatic heterocycles. The molecule has 0 radical (unpaired) electrons. The number of allylic oxidation sites excluding steroid dienone is 1. The quantitative estimate of drug-likeness (QED) is 0.849. The average molecular weight is 234 g/mol. The number of nitrogens with one attached hydrogen (secondary N) is 1. The Morgan fingerprint density at radius 3 is 2.76 bits per heavy atom. The highest BCUT2D eigenvalue weighted by molar-refractivity contribution is 5.98. The smallest absolute Gasteiger partial charge is 0.322 e. The van der Waals surface area contributed by atoms with Crippen molar-refractivity contribution >= 4 is 11.8 Å². The molecule has 2 heterocycles. The van der Waals surface area contributed by atoms with Crippen LogP contribution in [0.4, 0.5) is 4.79 Å². The number of furan rings is 1. The lowest BCUT2D eigenvalue weighted by atomic mass is 9.97. The molecule has 1 aromatic rings. The normalized spacial score (nSPS) is 20.5. The van der Waals surface area contributed by atoms with Crippen LogP contribution in [0.25, 0.3) is 0 Å². The summed E-state index contributed by atoms with van der Waals surface area (Å²) in [7, 11) is 1.63. The molecule has 1 atom stereocenters. The fourth-order valence-corrected chi connectivity index (χ4v) is 1.96. The van der Waals surface area contributed by atoms with E-state index in [1.807, 2.05) is 0 Å². The molecular formula is C12H14N2O3. The van der Waals surface area contributed by atoms with Crippen LogP contribution in [0.5, 0.6) is 0 Å². The Bertz CT molecular complexity index is 488. The molecule has 0 saturated heterocycles. The van der Waals surface area contributed by atoms with Crippen molar-refractivity contribution in [1.82, 2.24) is 10.2 Å². The van der Waals surface area contributed by atoms with Gasteiger partial charge in [0.05, 0.1) is 6.26 Å². The number of ketones is 1. The SMILES string of the molecule is CC(=O)C1=C(C)N(C)C(=O)NC1c1ccco1. The van der Waals surface area contributed by atoms with Crippen LogP contribution >= 0.6 is 0 Å². The molecule has 1 aliphatic heterocycles. The maximum atomic E-state index is 11.7. The molecule has 0 fully saturated rings. The number of carbonyl (C=O) groups is 2. The fraction of sp³-hybridized carbons (Fsp3) is 0.333. The molecule has 0 bridgehead atoms. The minimum Gasteiger partial charge on any atom is -0.467 e. The third kappa shape index (κ3) is 1.84. The molecular weight excluding hydrogens is 220 g/mol. The second-order valence-electron chi connectivity index (χ2n) is 4.01. The number of nitrogens with zero attached hydrogens (tertiary/aromatic N) is 1. The molecule has 90 valence electrons. The van der Waals surface area contributed by atoms with E-state index in [0.717, 1.165) is 0 Å². The molecule has 17 heavy (non-hydrogen) atoms. The second-order valence-corrected chi connectivity index (χ2v) is 4.01. The van der Waals surface area contributed by atoms with Crippen LogP contribution in [0.3, 0.4) is 0 Å². The van der Waals surface area contributed by atoms with E-state index in [9.17, 15) is 9.59 Å². The molecule has 0 aromatic carbocycles. The summed E-state index contributed by atoms with van der Waals surface area (Å²) in [5.41, 5.74) is 1.21. The zero-order valence-electron chi connectivity index (χ0n) is 9.98. The van der Waals surface area contributed by atoms with E-state index >= 15 is 0 Å². The van der Waals surface area contributed by atoms with Gasteiger partial charge in [0.1, 0.15) is 11.8 Å². The second kappa shape index (κ2) is 4.08. The largest absolute Gasteiger partial charge is 0.467 e. The predicted octanol–water partition coefficient (Wildman–Crippen LogP) is 1.84. The number of rotatable bonds is 2. The van der Waals surface area contributed by atoms with Gasteiger partial charge in [0.2, 0.25) is 0 Å². The Morgan fingerprint density at radius 2 is 2.24 bits per heavy atom. The van der Waals surface area contributed by atoms with E-state index in [1.165, 1.54) is 18.1 Å². The van der Waals surface area contributed by atoms with Gasteiger partial charge in [0.15, 0.2) is 5.78 Å². The Hall–Kier alpha value is -2.04. The van der Waals surface area contributed by atoms with Crippen molar-refractivity contribution in [3.05, 3.63) is 35.4 Å². The standard InChI is InChI=1S/C12H14N2O3/c1-7-10(8(2)15)11(9-5-4-6-17-9)13-12(16)14(7)3/h4-6,11H,1-3H3,(H,13,16). The van der Waals surface area contributed by atoms with Crippen molar-refractivity contribution in [2.75, 3.05) is 7.05 Å². The van der Waals surface area contributed by atoms with Gasteiger partial charge in [-0.15, -0.1) is 0 Å². The molecule has 1 aliphatic rings. The van der Waals surface area contributed by atoms with E-state index in [2.05, 4.69) is 5.32 Å². The van der Waals surface area contributed by atoms with Crippen molar-refractivity contribution in [3.8, 4) is 0 Å². The van der Waals surface area contributed by atoms with Crippen LogP contribution in [0.15, 0.2) is 34.1 Å². The Morgan fingerprint density at radius 1 is 1.53 bits per heavy atom. The van der Waals surface area contributed by atoms with Gasteiger partial charge in [0, 0.05) is 18.3 Å². The van der Waals surface area contributed by atoms with Gasteiger partial charge in [-0.2, -0.15) is 0 Å². The highest BCUT2D eigenvalue weighted by Gasteiger charge is 2.33. The first-order valence-electron chi connectivity index (χ1n) is 5.31. The Kier molecular flexibility index (Phi) is 2.75. The molecule has 2 rings (SSSR count). The third-order valence-electron chi connectivity index (χ3n) is 2.96. The van der Waals surface area contributed by atoms with Gasteiger partial charge in [-0.1, -0.05) is 0 Å². The van der Waals surface area contributed by atoms with Gasteiger partial charge in [-0.25, -0.2) is 4.79 Å². The highest BCUT2D eigenvalue weighted by atomic mass is 16.3. The predicted molar refractivity (Wildman–Crippen MR) is 61.1 cm³/mol. The molecule has 1 N–H and O–H groups in total. The van der Waals surface area contributed by atoms with Gasteiger partial charge in [-0.05, 0) is 26.0 Å². The summed E-state index contributed by atoms with van der Waals surface area (Å²) in [6, 6.07) is 2.74. The lowest BCUT2D eigenvalue weighted by molar-refractivity contribution is -0.114. The fourth-order valence-electron chi connectivity index (χ4n) is 1.96. The molecule has 0 aliphatic carbocycles. The number of urea groups is 1. The first kappa shape index (κ1) is 11.4. The number of hydrogen-bond donors (Lipinski definition) is 1. The summed E-state index contributed by atoms with van der Waals surface area (Å²) in [4.78, 5) is 24.8. The molecule has 1 unspecified atom stereocenters.